The van der Waals surface area contributed by atoms with Gasteiger partial charge in [0, 0.05) is 17.8 Å². The van der Waals surface area contributed by atoms with E-state index in [0.29, 0.717) is 26.3 Å². The number of carbonyl (C=O) groups excluding carboxylic acids is 1. The van der Waals surface area contributed by atoms with Crippen molar-refractivity contribution in [1.82, 2.24) is 4.90 Å². The third-order valence-electron chi connectivity index (χ3n) is 2.95. The highest BCUT2D eigenvalue weighted by atomic mass is 32.2. The average Bonchev–Trinajstić information content (AvgIpc) is 2.36. The molecule has 1 saturated heterocycles. The number of rotatable bonds is 5. The molecule has 1 aliphatic rings. The van der Waals surface area contributed by atoms with Crippen molar-refractivity contribution in [2.24, 2.45) is 5.73 Å². The molecule has 0 spiro atoms. The fourth-order valence-corrected chi connectivity index (χ4v) is 2.50. The highest BCUT2D eigenvalue weighted by Crippen LogP contribution is 2.27. The maximum absolute atomic E-state index is 11.9. The van der Waals surface area contributed by atoms with Gasteiger partial charge in [-0.05, 0) is 13.8 Å². The Bertz CT molecular complexity index is 316. The summed E-state index contributed by atoms with van der Waals surface area (Å²) in [4.78, 5) is 24.5. The molecule has 0 aromatic rings. The van der Waals surface area contributed by atoms with Crippen molar-refractivity contribution in [3.8, 4) is 0 Å². The van der Waals surface area contributed by atoms with Crippen LogP contribution in [0.3, 0.4) is 0 Å². The quantitative estimate of drug-likeness (QED) is 0.720. The van der Waals surface area contributed by atoms with Gasteiger partial charge in [-0.25, -0.2) is 0 Å². The van der Waals surface area contributed by atoms with Gasteiger partial charge in [0.15, 0.2) is 0 Å². The lowest BCUT2D eigenvalue weighted by molar-refractivity contribution is -0.139. The average molecular weight is 276 g/mol. The van der Waals surface area contributed by atoms with Gasteiger partial charge in [0.2, 0.25) is 5.91 Å². The van der Waals surface area contributed by atoms with Gasteiger partial charge in [0.05, 0.1) is 19.0 Å². The topological polar surface area (TPSA) is 92.9 Å². The number of nitrogens with two attached hydrogens (primary N) is 1. The summed E-state index contributed by atoms with van der Waals surface area (Å²) in [5.74, 6) is -0.797. The molecule has 1 fully saturated rings. The van der Waals surface area contributed by atoms with Gasteiger partial charge in [-0.1, -0.05) is 0 Å². The van der Waals surface area contributed by atoms with Gasteiger partial charge >= 0.3 is 5.97 Å². The summed E-state index contributed by atoms with van der Waals surface area (Å²) < 4.78 is 4.49. The molecule has 0 bridgehead atoms. The number of morpholine rings is 1. The first-order chi connectivity index (χ1) is 8.34. The molecule has 0 saturated carbocycles. The van der Waals surface area contributed by atoms with Gasteiger partial charge in [0.1, 0.15) is 6.04 Å². The van der Waals surface area contributed by atoms with Crippen LogP contribution in [0, 0.1) is 0 Å². The standard InChI is InChI=1S/C11H20N2O4S/c1-11(2,9(12)10(15)16)18-7-8(14)13-3-5-17-6-4-13/h9H,3-7,12H2,1-2H3,(H,15,16)/t9-/m0/s1. The Hall–Kier alpha value is -0.790. The first-order valence-electron chi connectivity index (χ1n) is 5.82. The minimum atomic E-state index is -1.05. The highest BCUT2D eigenvalue weighted by Gasteiger charge is 2.33. The second-order valence-corrected chi connectivity index (χ2v) is 6.33. The number of thioether (sulfide) groups is 1. The molecule has 1 heterocycles. The SMILES string of the molecule is CC(C)(SCC(=O)N1CCOCC1)[C@@H](N)C(=O)O. The van der Waals surface area contributed by atoms with E-state index in [9.17, 15) is 9.59 Å². The van der Waals surface area contributed by atoms with Crippen LogP contribution in [-0.4, -0.2) is 64.7 Å². The van der Waals surface area contributed by atoms with Gasteiger partial charge < -0.3 is 20.5 Å². The molecule has 0 aliphatic carbocycles. The summed E-state index contributed by atoms with van der Waals surface area (Å²) in [6.45, 7) is 5.81. The van der Waals surface area contributed by atoms with E-state index in [1.807, 2.05) is 0 Å². The van der Waals surface area contributed by atoms with E-state index in [2.05, 4.69) is 0 Å². The van der Waals surface area contributed by atoms with Crippen molar-refractivity contribution in [2.75, 3.05) is 32.1 Å². The van der Waals surface area contributed by atoms with Crippen molar-refractivity contribution >= 4 is 23.6 Å². The predicted octanol–water partition coefficient (Wildman–Crippen LogP) is -0.231. The zero-order chi connectivity index (χ0) is 13.8. The van der Waals surface area contributed by atoms with E-state index in [4.69, 9.17) is 15.6 Å². The molecule has 104 valence electrons. The number of carboxylic acids is 1. The van der Waals surface area contributed by atoms with Crippen molar-refractivity contribution in [3.63, 3.8) is 0 Å². The highest BCUT2D eigenvalue weighted by molar-refractivity contribution is 8.01. The molecule has 0 aromatic carbocycles. The van der Waals surface area contributed by atoms with Crippen LogP contribution >= 0.6 is 11.8 Å². The van der Waals surface area contributed by atoms with Crippen LogP contribution in [0.4, 0.5) is 0 Å². The third-order valence-corrected chi connectivity index (χ3v) is 4.34. The number of carboxylic acid groups (broad SMARTS) is 1. The van der Waals surface area contributed by atoms with E-state index >= 15 is 0 Å². The van der Waals surface area contributed by atoms with E-state index < -0.39 is 16.8 Å². The van der Waals surface area contributed by atoms with Crippen molar-refractivity contribution < 1.29 is 19.4 Å². The number of ether oxygens (including phenoxy) is 1. The summed E-state index contributed by atoms with van der Waals surface area (Å²) >= 11 is 1.28. The first-order valence-corrected chi connectivity index (χ1v) is 6.81. The lowest BCUT2D eigenvalue weighted by atomic mass is 10.1. The Balaban J connectivity index is 2.43. The van der Waals surface area contributed by atoms with E-state index in [1.54, 1.807) is 18.7 Å². The molecule has 0 radical (unpaired) electrons. The molecule has 1 amide bonds. The Morgan fingerprint density at radius 3 is 2.50 bits per heavy atom. The Kier molecular flexibility index (Phi) is 5.43. The first kappa shape index (κ1) is 15.3. The minimum absolute atomic E-state index is 0.00830. The maximum atomic E-state index is 11.9. The molecule has 1 rings (SSSR count). The Morgan fingerprint density at radius 2 is 2.00 bits per heavy atom. The number of amides is 1. The third kappa shape index (κ3) is 4.15. The van der Waals surface area contributed by atoms with Crippen LogP contribution in [0.2, 0.25) is 0 Å². The van der Waals surface area contributed by atoms with Crippen molar-refractivity contribution in [2.45, 2.75) is 24.6 Å². The van der Waals surface area contributed by atoms with Crippen LogP contribution in [0.5, 0.6) is 0 Å². The largest absolute Gasteiger partial charge is 0.480 e. The van der Waals surface area contributed by atoms with Crippen LogP contribution in [0.15, 0.2) is 0 Å². The molecular weight excluding hydrogens is 256 g/mol. The molecule has 1 atom stereocenters. The molecule has 0 unspecified atom stereocenters. The van der Waals surface area contributed by atoms with E-state index in [-0.39, 0.29) is 11.7 Å². The second kappa shape index (κ2) is 6.40. The smallest absolute Gasteiger partial charge is 0.321 e. The maximum Gasteiger partial charge on any atom is 0.321 e. The van der Waals surface area contributed by atoms with Crippen LogP contribution in [0.25, 0.3) is 0 Å². The number of nitrogens with zero attached hydrogens (tertiary/aromatic N) is 1. The van der Waals surface area contributed by atoms with E-state index in [1.165, 1.54) is 11.8 Å². The molecule has 3 N–H and O–H groups in total. The van der Waals surface area contributed by atoms with E-state index in [0.717, 1.165) is 0 Å². The summed E-state index contributed by atoms with van der Waals surface area (Å²) in [6.07, 6.45) is 0. The van der Waals surface area contributed by atoms with Crippen molar-refractivity contribution in [3.05, 3.63) is 0 Å². The Labute approximate surface area is 111 Å². The molecule has 7 heteroatoms. The summed E-state index contributed by atoms with van der Waals surface area (Å²) in [5, 5.41) is 8.88. The summed E-state index contributed by atoms with van der Waals surface area (Å²) in [5.41, 5.74) is 5.59. The fraction of sp³-hybridized carbons (Fsp3) is 0.818. The predicted molar refractivity (Wildman–Crippen MR) is 69.5 cm³/mol. The normalized spacial score (nSPS) is 18.5. The lowest BCUT2D eigenvalue weighted by Gasteiger charge is -2.30. The molecule has 6 nitrogen and oxygen atoms in total. The van der Waals surface area contributed by atoms with Crippen LogP contribution < -0.4 is 5.73 Å². The zero-order valence-electron chi connectivity index (χ0n) is 10.7. The monoisotopic (exact) mass is 276 g/mol. The van der Waals surface area contributed by atoms with Crippen LogP contribution in [-0.2, 0) is 14.3 Å². The van der Waals surface area contributed by atoms with Gasteiger partial charge in [-0.2, -0.15) is 0 Å². The number of hydrogen-bond donors (Lipinski definition) is 2. The lowest BCUT2D eigenvalue weighted by Crippen LogP contribution is -2.48. The van der Waals surface area contributed by atoms with Gasteiger partial charge in [0.25, 0.3) is 0 Å². The molecule has 18 heavy (non-hydrogen) atoms. The second-order valence-electron chi connectivity index (χ2n) is 4.70. The van der Waals surface area contributed by atoms with Crippen molar-refractivity contribution in [1.29, 1.82) is 0 Å². The van der Waals surface area contributed by atoms with Gasteiger partial charge in [-0.3, -0.25) is 9.59 Å². The Morgan fingerprint density at radius 1 is 1.44 bits per heavy atom. The summed E-state index contributed by atoms with van der Waals surface area (Å²) in [7, 11) is 0. The van der Waals surface area contributed by atoms with Gasteiger partial charge in [-0.15, -0.1) is 11.8 Å². The fourth-order valence-electron chi connectivity index (χ4n) is 1.54. The minimum Gasteiger partial charge on any atom is -0.480 e. The number of aliphatic carboxylic acids is 1. The van der Waals surface area contributed by atoms with Crippen LogP contribution in [0.1, 0.15) is 13.8 Å². The summed E-state index contributed by atoms with van der Waals surface area (Å²) in [6, 6.07) is -0.986. The number of hydrogen-bond acceptors (Lipinski definition) is 5. The number of carbonyl (C=O) groups is 2. The molecule has 0 aromatic heterocycles. The molecular formula is C11H20N2O4S. The molecule has 1 aliphatic heterocycles. The zero-order valence-corrected chi connectivity index (χ0v) is 11.5.